The van der Waals surface area contributed by atoms with Crippen molar-refractivity contribution >= 4 is 38.5 Å². The van der Waals surface area contributed by atoms with Crippen LogP contribution in [0.25, 0.3) is 0 Å². The Morgan fingerprint density at radius 1 is 1.53 bits per heavy atom. The van der Waals surface area contributed by atoms with Gasteiger partial charge in [-0.2, -0.15) is 0 Å². The van der Waals surface area contributed by atoms with Crippen molar-refractivity contribution < 1.29 is 0 Å². The molecule has 1 atom stereocenters. The first-order valence-corrected chi connectivity index (χ1v) is 6.99. The van der Waals surface area contributed by atoms with Gasteiger partial charge in [0, 0.05) is 33.8 Å². The van der Waals surface area contributed by atoms with Crippen LogP contribution in [-0.4, -0.2) is 15.0 Å². The summed E-state index contributed by atoms with van der Waals surface area (Å²) in [5.41, 5.74) is 8.25. The molecular formula is C11H12BrIN4. The van der Waals surface area contributed by atoms with E-state index in [-0.39, 0.29) is 6.04 Å². The first kappa shape index (κ1) is 13.0. The van der Waals surface area contributed by atoms with E-state index >= 15 is 0 Å². The molecule has 1 aromatic carbocycles. The first-order valence-electron chi connectivity index (χ1n) is 5.12. The standard InChI is InChI=1S/C11H12BrIN4/c1-17-6-8(15-16-17)5-11(14)9-4-7(12)2-3-10(9)13/h2-4,6,11H,5,14H2,1H3. The molecule has 90 valence electrons. The van der Waals surface area contributed by atoms with Crippen LogP contribution in [0, 0.1) is 3.57 Å². The van der Waals surface area contributed by atoms with Crippen molar-refractivity contribution in [2.24, 2.45) is 12.8 Å². The molecular weight excluding hydrogens is 395 g/mol. The number of nitrogens with two attached hydrogens (primary N) is 1. The second kappa shape index (κ2) is 5.45. The third-order valence-corrected chi connectivity index (χ3v) is 3.91. The van der Waals surface area contributed by atoms with Gasteiger partial charge in [-0.05, 0) is 46.4 Å². The Hall–Kier alpha value is -0.470. The van der Waals surface area contributed by atoms with Crippen LogP contribution in [0.15, 0.2) is 28.9 Å². The molecule has 0 saturated heterocycles. The number of aryl methyl sites for hydroxylation is 1. The summed E-state index contributed by atoms with van der Waals surface area (Å²) in [4.78, 5) is 0. The maximum atomic E-state index is 6.20. The summed E-state index contributed by atoms with van der Waals surface area (Å²) in [5.74, 6) is 0. The van der Waals surface area contributed by atoms with E-state index in [9.17, 15) is 0 Å². The highest BCUT2D eigenvalue weighted by atomic mass is 127. The zero-order valence-electron chi connectivity index (χ0n) is 9.27. The van der Waals surface area contributed by atoms with Gasteiger partial charge in [0.25, 0.3) is 0 Å². The second-order valence-electron chi connectivity index (χ2n) is 3.86. The van der Waals surface area contributed by atoms with Crippen LogP contribution < -0.4 is 5.73 Å². The highest BCUT2D eigenvalue weighted by Crippen LogP contribution is 2.24. The number of nitrogens with zero attached hydrogens (tertiary/aromatic N) is 3. The largest absolute Gasteiger partial charge is 0.324 e. The molecule has 0 saturated carbocycles. The van der Waals surface area contributed by atoms with E-state index in [1.54, 1.807) is 4.68 Å². The quantitative estimate of drug-likeness (QED) is 0.796. The Balaban J connectivity index is 2.19. The van der Waals surface area contributed by atoms with Crippen LogP contribution in [0.3, 0.4) is 0 Å². The van der Waals surface area contributed by atoms with E-state index in [4.69, 9.17) is 5.73 Å². The van der Waals surface area contributed by atoms with Crippen molar-refractivity contribution in [1.29, 1.82) is 0 Å². The number of halogens is 2. The number of benzene rings is 1. The van der Waals surface area contributed by atoms with Gasteiger partial charge in [0.05, 0.1) is 5.69 Å². The van der Waals surface area contributed by atoms with E-state index in [0.29, 0.717) is 6.42 Å². The minimum atomic E-state index is -0.0592. The molecule has 1 heterocycles. The second-order valence-corrected chi connectivity index (χ2v) is 5.94. The molecule has 0 bridgehead atoms. The predicted octanol–water partition coefficient (Wildman–Crippen LogP) is 2.42. The van der Waals surface area contributed by atoms with Gasteiger partial charge in [-0.15, -0.1) is 5.10 Å². The van der Waals surface area contributed by atoms with Gasteiger partial charge in [0.15, 0.2) is 0 Å². The molecule has 2 N–H and O–H groups in total. The predicted molar refractivity (Wildman–Crippen MR) is 78.5 cm³/mol. The average molecular weight is 407 g/mol. The first-order chi connectivity index (χ1) is 8.06. The van der Waals surface area contributed by atoms with Gasteiger partial charge >= 0.3 is 0 Å². The third kappa shape index (κ3) is 3.26. The number of hydrogen-bond acceptors (Lipinski definition) is 3. The maximum Gasteiger partial charge on any atom is 0.0845 e. The highest BCUT2D eigenvalue weighted by molar-refractivity contribution is 14.1. The van der Waals surface area contributed by atoms with Crippen molar-refractivity contribution in [1.82, 2.24) is 15.0 Å². The molecule has 0 radical (unpaired) electrons. The number of rotatable bonds is 3. The summed E-state index contributed by atoms with van der Waals surface area (Å²) in [6, 6.07) is 6.07. The molecule has 0 aliphatic heterocycles. The van der Waals surface area contributed by atoms with E-state index in [1.807, 2.05) is 19.3 Å². The highest BCUT2D eigenvalue weighted by Gasteiger charge is 2.12. The smallest absolute Gasteiger partial charge is 0.0845 e. The van der Waals surface area contributed by atoms with Crippen molar-refractivity contribution in [3.8, 4) is 0 Å². The van der Waals surface area contributed by atoms with Crippen LogP contribution in [0.2, 0.25) is 0 Å². The van der Waals surface area contributed by atoms with Gasteiger partial charge in [-0.3, -0.25) is 4.68 Å². The molecule has 17 heavy (non-hydrogen) atoms. The Kier molecular flexibility index (Phi) is 4.16. The van der Waals surface area contributed by atoms with E-state index in [0.717, 1.165) is 15.7 Å². The van der Waals surface area contributed by atoms with E-state index in [1.165, 1.54) is 3.57 Å². The fraction of sp³-hybridized carbons (Fsp3) is 0.273. The molecule has 0 spiro atoms. The summed E-state index contributed by atoms with van der Waals surface area (Å²) < 4.78 is 3.90. The van der Waals surface area contributed by atoms with Crippen LogP contribution in [-0.2, 0) is 13.5 Å². The normalized spacial score (nSPS) is 12.7. The Morgan fingerprint density at radius 2 is 2.29 bits per heavy atom. The van der Waals surface area contributed by atoms with Crippen molar-refractivity contribution in [3.63, 3.8) is 0 Å². The fourth-order valence-electron chi connectivity index (χ4n) is 1.62. The molecule has 0 amide bonds. The maximum absolute atomic E-state index is 6.20. The van der Waals surface area contributed by atoms with Crippen molar-refractivity contribution in [2.75, 3.05) is 0 Å². The molecule has 1 aromatic heterocycles. The van der Waals surface area contributed by atoms with E-state index in [2.05, 4.69) is 61.0 Å². The Morgan fingerprint density at radius 3 is 2.94 bits per heavy atom. The Bertz CT molecular complexity index is 526. The van der Waals surface area contributed by atoms with Gasteiger partial charge in [0.2, 0.25) is 0 Å². The average Bonchev–Trinajstić information content (AvgIpc) is 2.67. The molecule has 1 unspecified atom stereocenters. The molecule has 2 rings (SSSR count). The van der Waals surface area contributed by atoms with Crippen LogP contribution >= 0.6 is 38.5 Å². The lowest BCUT2D eigenvalue weighted by Crippen LogP contribution is -2.15. The van der Waals surface area contributed by atoms with Gasteiger partial charge in [-0.1, -0.05) is 21.1 Å². The monoisotopic (exact) mass is 406 g/mol. The van der Waals surface area contributed by atoms with Gasteiger partial charge in [-0.25, -0.2) is 0 Å². The third-order valence-electron chi connectivity index (χ3n) is 2.44. The topological polar surface area (TPSA) is 56.7 Å². The lowest BCUT2D eigenvalue weighted by atomic mass is 10.0. The minimum Gasteiger partial charge on any atom is -0.324 e. The minimum absolute atomic E-state index is 0.0592. The van der Waals surface area contributed by atoms with Crippen molar-refractivity contribution in [2.45, 2.75) is 12.5 Å². The molecule has 0 aliphatic carbocycles. The molecule has 6 heteroatoms. The van der Waals surface area contributed by atoms with Gasteiger partial charge < -0.3 is 5.73 Å². The van der Waals surface area contributed by atoms with E-state index < -0.39 is 0 Å². The molecule has 4 nitrogen and oxygen atoms in total. The zero-order valence-corrected chi connectivity index (χ0v) is 13.0. The summed E-state index contributed by atoms with van der Waals surface area (Å²) in [7, 11) is 1.85. The lowest BCUT2D eigenvalue weighted by molar-refractivity contribution is 0.691. The number of hydrogen-bond donors (Lipinski definition) is 1. The summed E-state index contributed by atoms with van der Waals surface area (Å²) in [6.07, 6.45) is 2.59. The fourth-order valence-corrected chi connectivity index (χ4v) is 2.74. The van der Waals surface area contributed by atoms with Crippen molar-refractivity contribution in [3.05, 3.63) is 43.7 Å². The summed E-state index contributed by atoms with van der Waals surface area (Å²) >= 11 is 5.76. The van der Waals surface area contributed by atoms with Crippen LogP contribution in [0.1, 0.15) is 17.3 Å². The SMILES string of the molecule is Cn1cc(CC(N)c2cc(Br)ccc2I)nn1. The zero-order chi connectivity index (χ0) is 12.4. The summed E-state index contributed by atoms with van der Waals surface area (Å²) in [6.45, 7) is 0. The van der Waals surface area contributed by atoms with Gasteiger partial charge in [0.1, 0.15) is 0 Å². The summed E-state index contributed by atoms with van der Waals surface area (Å²) in [5, 5.41) is 7.96. The van der Waals surface area contributed by atoms with Crippen LogP contribution in [0.4, 0.5) is 0 Å². The molecule has 2 aromatic rings. The Labute approximate surface area is 122 Å². The lowest BCUT2D eigenvalue weighted by Gasteiger charge is -2.12. The van der Waals surface area contributed by atoms with Crippen LogP contribution in [0.5, 0.6) is 0 Å². The molecule has 0 aliphatic rings. The number of aromatic nitrogens is 3. The molecule has 0 fully saturated rings.